The van der Waals surface area contributed by atoms with Crippen LogP contribution in [0.2, 0.25) is 0 Å². The van der Waals surface area contributed by atoms with Crippen molar-refractivity contribution < 1.29 is 0 Å². The predicted molar refractivity (Wildman–Crippen MR) is 85.1 cm³/mol. The molecule has 0 spiro atoms. The second-order valence-electron chi connectivity index (χ2n) is 7.15. The van der Waals surface area contributed by atoms with Crippen LogP contribution in [0.5, 0.6) is 0 Å². The first-order chi connectivity index (χ1) is 9.14. The van der Waals surface area contributed by atoms with E-state index in [9.17, 15) is 4.79 Å². The summed E-state index contributed by atoms with van der Waals surface area (Å²) >= 11 is 0. The normalized spacial score (nSPS) is 12.5. The van der Waals surface area contributed by atoms with Gasteiger partial charge in [0.15, 0.2) is 5.82 Å². The van der Waals surface area contributed by atoms with Crippen LogP contribution in [-0.4, -0.2) is 16.1 Å². The molecule has 0 unspecified atom stereocenters. The lowest BCUT2D eigenvalue weighted by Gasteiger charge is -2.26. The summed E-state index contributed by atoms with van der Waals surface area (Å²) in [7, 11) is 0. The molecule has 0 radical (unpaired) electrons. The minimum Gasteiger partial charge on any atom is -0.365 e. The number of nitrogens with one attached hydrogen (secondary N) is 1. The van der Waals surface area contributed by atoms with E-state index in [1.54, 1.807) is 17.0 Å². The van der Waals surface area contributed by atoms with E-state index < -0.39 is 0 Å². The van der Waals surface area contributed by atoms with Crippen molar-refractivity contribution in [3.05, 3.63) is 22.7 Å². The lowest BCUT2D eigenvalue weighted by molar-refractivity contribution is 0.304. The lowest BCUT2D eigenvalue weighted by Crippen LogP contribution is -2.36. The van der Waals surface area contributed by atoms with Gasteiger partial charge in [0.05, 0.1) is 0 Å². The van der Waals surface area contributed by atoms with E-state index in [-0.39, 0.29) is 11.1 Å². The van der Waals surface area contributed by atoms with Gasteiger partial charge < -0.3 is 9.88 Å². The van der Waals surface area contributed by atoms with Gasteiger partial charge in [-0.1, -0.05) is 27.7 Å². The Kier molecular flexibility index (Phi) is 5.37. The summed E-state index contributed by atoms with van der Waals surface area (Å²) in [6, 6.07) is 0. The van der Waals surface area contributed by atoms with Crippen LogP contribution in [0.1, 0.15) is 48.5 Å². The number of hydrogen-bond acceptors (Lipinski definition) is 3. The van der Waals surface area contributed by atoms with Crippen LogP contribution in [0.25, 0.3) is 0 Å². The highest BCUT2D eigenvalue weighted by molar-refractivity contribution is 5.31. The summed E-state index contributed by atoms with van der Waals surface area (Å²) in [6.07, 6.45) is 3.44. The maximum Gasteiger partial charge on any atom is 0.293 e. The molecule has 0 amide bonds. The summed E-state index contributed by atoms with van der Waals surface area (Å²) < 4.78 is 1.72. The number of aromatic nitrogens is 2. The molecule has 0 aromatic carbocycles. The largest absolute Gasteiger partial charge is 0.365 e. The van der Waals surface area contributed by atoms with Crippen LogP contribution in [-0.2, 0) is 5.54 Å². The summed E-state index contributed by atoms with van der Waals surface area (Å²) in [5, 5.41) is 3.24. The van der Waals surface area contributed by atoms with Crippen molar-refractivity contribution in [2.45, 2.75) is 54.0 Å². The molecule has 1 rings (SSSR count). The molecule has 1 N–H and O–H groups in total. The average molecular weight is 279 g/mol. The van der Waals surface area contributed by atoms with Crippen LogP contribution in [0.3, 0.4) is 0 Å². The van der Waals surface area contributed by atoms with Crippen molar-refractivity contribution in [1.82, 2.24) is 9.55 Å². The Balaban J connectivity index is 2.92. The van der Waals surface area contributed by atoms with E-state index >= 15 is 0 Å². The number of nitrogens with zero attached hydrogens (tertiary/aromatic N) is 2. The highest BCUT2D eigenvalue weighted by Crippen LogP contribution is 2.20. The molecule has 4 nitrogen and oxygen atoms in total. The molecule has 20 heavy (non-hydrogen) atoms. The van der Waals surface area contributed by atoms with E-state index in [0.717, 1.165) is 6.54 Å². The summed E-state index contributed by atoms with van der Waals surface area (Å²) in [5.74, 6) is 2.14. The van der Waals surface area contributed by atoms with Gasteiger partial charge in [-0.25, -0.2) is 4.98 Å². The molecule has 1 heterocycles. The van der Waals surface area contributed by atoms with Crippen molar-refractivity contribution in [2.24, 2.45) is 17.8 Å². The second-order valence-corrected chi connectivity index (χ2v) is 7.15. The Labute approximate surface area is 122 Å². The Bertz CT molecular complexity index is 475. The molecular weight excluding hydrogens is 250 g/mol. The molecular formula is C16H29N3O. The summed E-state index contributed by atoms with van der Waals surface area (Å²) in [5.41, 5.74) is -0.280. The maximum absolute atomic E-state index is 12.4. The first-order valence-corrected chi connectivity index (χ1v) is 7.46. The number of rotatable bonds is 5. The van der Waals surface area contributed by atoms with Gasteiger partial charge in [0.25, 0.3) is 5.56 Å². The van der Waals surface area contributed by atoms with E-state index in [1.807, 2.05) is 20.8 Å². The van der Waals surface area contributed by atoms with Crippen molar-refractivity contribution in [3.8, 4) is 0 Å². The average Bonchev–Trinajstić information content (AvgIpc) is 2.28. The minimum absolute atomic E-state index is 0.0498. The van der Waals surface area contributed by atoms with Crippen LogP contribution in [0.4, 0.5) is 5.82 Å². The van der Waals surface area contributed by atoms with Crippen LogP contribution in [0, 0.1) is 17.8 Å². The van der Waals surface area contributed by atoms with E-state index in [4.69, 9.17) is 0 Å². The van der Waals surface area contributed by atoms with Crippen LogP contribution in [0.15, 0.2) is 17.2 Å². The smallest absolute Gasteiger partial charge is 0.293 e. The Morgan fingerprint density at radius 3 is 2.20 bits per heavy atom. The molecule has 0 atom stereocenters. The molecule has 4 heteroatoms. The monoisotopic (exact) mass is 279 g/mol. The summed E-state index contributed by atoms with van der Waals surface area (Å²) in [4.78, 5) is 16.6. The van der Waals surface area contributed by atoms with Gasteiger partial charge in [-0.15, -0.1) is 0 Å². The first-order valence-electron chi connectivity index (χ1n) is 7.46. The van der Waals surface area contributed by atoms with Gasteiger partial charge in [-0.3, -0.25) is 4.79 Å². The zero-order valence-electron chi connectivity index (χ0n) is 13.9. The standard InChI is InChI=1S/C16H29N3O/c1-11(2)13(12(3)4)10-18-14-15(20)19(9-8-17-14)16(5,6)7/h8-9,11-13H,10H2,1-7H3,(H,17,18). The van der Waals surface area contributed by atoms with Gasteiger partial charge in [0, 0.05) is 24.5 Å². The third-order valence-corrected chi connectivity index (χ3v) is 3.78. The fourth-order valence-corrected chi connectivity index (χ4v) is 2.52. The summed E-state index contributed by atoms with van der Waals surface area (Å²) in [6.45, 7) is 15.7. The van der Waals surface area contributed by atoms with E-state index in [2.05, 4.69) is 38.0 Å². The zero-order valence-corrected chi connectivity index (χ0v) is 13.9. The lowest BCUT2D eigenvalue weighted by atomic mass is 9.85. The van der Waals surface area contributed by atoms with E-state index in [0.29, 0.717) is 23.6 Å². The Morgan fingerprint density at radius 2 is 1.75 bits per heavy atom. The topological polar surface area (TPSA) is 46.9 Å². The molecule has 0 aliphatic rings. The minimum atomic E-state index is -0.230. The number of anilines is 1. The Morgan fingerprint density at radius 1 is 1.20 bits per heavy atom. The molecule has 0 bridgehead atoms. The second kappa shape index (κ2) is 6.42. The van der Waals surface area contributed by atoms with Crippen LogP contribution < -0.4 is 10.9 Å². The van der Waals surface area contributed by atoms with Crippen molar-refractivity contribution in [1.29, 1.82) is 0 Å². The van der Waals surface area contributed by atoms with Gasteiger partial charge >= 0.3 is 0 Å². The van der Waals surface area contributed by atoms with Gasteiger partial charge in [-0.2, -0.15) is 0 Å². The van der Waals surface area contributed by atoms with Gasteiger partial charge in [0.1, 0.15) is 0 Å². The zero-order chi connectivity index (χ0) is 15.5. The number of hydrogen-bond donors (Lipinski definition) is 1. The predicted octanol–water partition coefficient (Wildman–Crippen LogP) is 3.34. The fraction of sp³-hybridized carbons (Fsp3) is 0.750. The molecule has 0 aliphatic heterocycles. The van der Waals surface area contributed by atoms with Gasteiger partial charge in [-0.05, 0) is 38.5 Å². The first kappa shape index (κ1) is 16.7. The highest BCUT2D eigenvalue weighted by atomic mass is 16.1. The SMILES string of the molecule is CC(C)C(CNc1nccn(C(C)(C)C)c1=O)C(C)C. The fourth-order valence-electron chi connectivity index (χ4n) is 2.52. The quantitative estimate of drug-likeness (QED) is 0.899. The molecule has 1 aromatic rings. The van der Waals surface area contributed by atoms with Crippen molar-refractivity contribution in [3.63, 3.8) is 0 Å². The highest BCUT2D eigenvalue weighted by Gasteiger charge is 2.20. The molecule has 0 saturated heterocycles. The Hall–Kier alpha value is -1.32. The molecule has 0 saturated carbocycles. The molecule has 1 aromatic heterocycles. The van der Waals surface area contributed by atoms with Crippen molar-refractivity contribution in [2.75, 3.05) is 11.9 Å². The van der Waals surface area contributed by atoms with Gasteiger partial charge in [0.2, 0.25) is 0 Å². The van der Waals surface area contributed by atoms with Crippen LogP contribution >= 0.6 is 0 Å². The molecule has 0 aliphatic carbocycles. The third-order valence-electron chi connectivity index (χ3n) is 3.78. The molecule has 114 valence electrons. The molecule has 0 fully saturated rings. The van der Waals surface area contributed by atoms with Crippen molar-refractivity contribution >= 4 is 5.82 Å². The third kappa shape index (κ3) is 4.09. The maximum atomic E-state index is 12.4. The van der Waals surface area contributed by atoms with E-state index in [1.165, 1.54) is 0 Å².